The predicted octanol–water partition coefficient (Wildman–Crippen LogP) is 4.50. The molecule has 1 aromatic heterocycles. The van der Waals surface area contributed by atoms with Crippen molar-refractivity contribution in [3.05, 3.63) is 57.6 Å². The maximum absolute atomic E-state index is 12.6. The van der Waals surface area contributed by atoms with Crippen LogP contribution >= 0.6 is 23.2 Å². The van der Waals surface area contributed by atoms with Crippen LogP contribution in [-0.4, -0.2) is 21.6 Å². The molecule has 6 heteroatoms. The van der Waals surface area contributed by atoms with E-state index in [1.165, 1.54) is 0 Å². The van der Waals surface area contributed by atoms with Gasteiger partial charge < -0.3 is 10.1 Å². The molecule has 0 saturated carbocycles. The Kier molecular flexibility index (Phi) is 2.79. The number of halogens is 2. The van der Waals surface area contributed by atoms with Gasteiger partial charge in [-0.3, -0.25) is 4.79 Å². The highest BCUT2D eigenvalue weighted by atomic mass is 35.5. The van der Waals surface area contributed by atoms with Crippen LogP contribution in [0.15, 0.2) is 41.4 Å². The minimum atomic E-state index is -0.247. The first-order valence-electron chi connectivity index (χ1n) is 6.49. The number of hydrogen-bond donors (Lipinski definition) is 2. The summed E-state index contributed by atoms with van der Waals surface area (Å²) in [4.78, 5) is 19.7. The number of Topliss-reactive ketones (excluding diaryl/α,β-unsaturated/α-hetero) is 1. The Balaban J connectivity index is 2.03. The summed E-state index contributed by atoms with van der Waals surface area (Å²) < 4.78 is 0. The molecule has 2 aromatic carbocycles. The first kappa shape index (κ1) is 13.4. The lowest BCUT2D eigenvalue weighted by atomic mass is 10.0. The fourth-order valence-corrected chi connectivity index (χ4v) is 3.14. The second-order valence-corrected chi connectivity index (χ2v) is 5.75. The Hall–Kier alpha value is -2.30. The molecule has 0 bridgehead atoms. The van der Waals surface area contributed by atoms with Gasteiger partial charge >= 0.3 is 0 Å². The number of fused-ring (bicyclic) bond motifs is 2. The summed E-state index contributed by atoms with van der Waals surface area (Å²) in [6.07, 6.45) is 0. The molecule has 22 heavy (non-hydrogen) atoms. The van der Waals surface area contributed by atoms with Crippen molar-refractivity contribution in [1.29, 1.82) is 0 Å². The van der Waals surface area contributed by atoms with Crippen LogP contribution in [0.25, 0.3) is 10.9 Å². The van der Waals surface area contributed by atoms with Crippen molar-refractivity contribution in [2.24, 2.45) is 4.99 Å². The number of H-pyrrole nitrogens is 1. The Morgan fingerprint density at radius 2 is 1.77 bits per heavy atom. The number of rotatable bonds is 1. The van der Waals surface area contributed by atoms with E-state index in [0.29, 0.717) is 32.2 Å². The quantitative estimate of drug-likeness (QED) is 0.690. The number of benzene rings is 2. The Bertz CT molecular complexity index is 989. The molecular formula is C16H8Cl2N2O2. The normalized spacial score (nSPS) is 13.5. The summed E-state index contributed by atoms with van der Waals surface area (Å²) in [7, 11) is 0. The van der Waals surface area contributed by atoms with Crippen molar-refractivity contribution >= 4 is 51.3 Å². The largest absolute Gasteiger partial charge is 0.494 e. The van der Waals surface area contributed by atoms with E-state index in [9.17, 15) is 9.90 Å². The molecule has 0 aliphatic carbocycles. The van der Waals surface area contributed by atoms with E-state index in [1.54, 1.807) is 36.4 Å². The molecule has 0 radical (unpaired) electrons. The van der Waals surface area contributed by atoms with Gasteiger partial charge in [0.1, 0.15) is 5.71 Å². The van der Waals surface area contributed by atoms with Crippen molar-refractivity contribution in [3.8, 4) is 5.88 Å². The average molecular weight is 331 g/mol. The third kappa shape index (κ3) is 1.71. The minimum absolute atomic E-state index is 0.161. The first-order valence-corrected chi connectivity index (χ1v) is 7.25. The smallest absolute Gasteiger partial charge is 0.214 e. The number of aromatic nitrogens is 1. The van der Waals surface area contributed by atoms with Gasteiger partial charge in [-0.15, -0.1) is 0 Å². The molecule has 3 aromatic rings. The third-order valence-corrected chi connectivity index (χ3v) is 4.30. The molecule has 0 fully saturated rings. The van der Waals surface area contributed by atoms with Crippen LogP contribution in [-0.2, 0) is 0 Å². The third-order valence-electron chi connectivity index (χ3n) is 3.67. The predicted molar refractivity (Wildman–Crippen MR) is 87.0 cm³/mol. The molecule has 108 valence electrons. The summed E-state index contributed by atoms with van der Waals surface area (Å²) in [5.74, 6) is -0.423. The van der Waals surface area contributed by atoms with E-state index >= 15 is 0 Å². The zero-order valence-electron chi connectivity index (χ0n) is 11.0. The monoisotopic (exact) mass is 330 g/mol. The Labute approximate surface area is 135 Å². The summed E-state index contributed by atoms with van der Waals surface area (Å²) in [6, 6.07) is 10.3. The first-order chi connectivity index (χ1) is 10.6. The Morgan fingerprint density at radius 3 is 2.55 bits per heavy atom. The highest BCUT2D eigenvalue weighted by Gasteiger charge is 2.31. The van der Waals surface area contributed by atoms with Gasteiger partial charge in [0.15, 0.2) is 5.88 Å². The zero-order chi connectivity index (χ0) is 15.4. The van der Waals surface area contributed by atoms with E-state index in [4.69, 9.17) is 23.2 Å². The maximum Gasteiger partial charge on any atom is 0.214 e. The van der Waals surface area contributed by atoms with Crippen molar-refractivity contribution in [1.82, 2.24) is 4.98 Å². The second-order valence-electron chi connectivity index (χ2n) is 4.93. The van der Waals surface area contributed by atoms with Gasteiger partial charge in [-0.2, -0.15) is 0 Å². The van der Waals surface area contributed by atoms with Crippen LogP contribution in [0.2, 0.25) is 10.0 Å². The molecule has 4 rings (SSSR count). The lowest BCUT2D eigenvalue weighted by Gasteiger charge is -2.01. The number of aromatic hydroxyl groups is 1. The molecule has 2 heterocycles. The topological polar surface area (TPSA) is 65.4 Å². The molecule has 4 nitrogen and oxygen atoms in total. The molecule has 0 spiro atoms. The van der Waals surface area contributed by atoms with Crippen LogP contribution in [0, 0.1) is 0 Å². The molecular weight excluding hydrogens is 323 g/mol. The zero-order valence-corrected chi connectivity index (χ0v) is 12.5. The highest BCUT2D eigenvalue weighted by molar-refractivity contribution is 6.57. The van der Waals surface area contributed by atoms with E-state index in [2.05, 4.69) is 9.98 Å². The number of aliphatic imine (C=N–C) groups is 1. The van der Waals surface area contributed by atoms with Crippen molar-refractivity contribution in [2.75, 3.05) is 0 Å². The molecule has 2 N–H and O–H groups in total. The van der Waals surface area contributed by atoms with Gasteiger partial charge in [-0.05, 0) is 24.3 Å². The fraction of sp³-hybridized carbons (Fsp3) is 0. The molecule has 1 aliphatic heterocycles. The Morgan fingerprint density at radius 1 is 1.05 bits per heavy atom. The van der Waals surface area contributed by atoms with Gasteiger partial charge in [-0.25, -0.2) is 4.99 Å². The van der Waals surface area contributed by atoms with Crippen molar-refractivity contribution in [2.45, 2.75) is 0 Å². The summed E-state index contributed by atoms with van der Waals surface area (Å²) in [5.41, 5.74) is 2.00. The standard InChI is InChI=1S/C16H8Cl2N2O2/c17-8-5-6-9(18)13-11(8)12(16(22)20-13)14-15(21)7-3-1-2-4-10(7)19-14/h1-6,20,22H. The van der Waals surface area contributed by atoms with E-state index in [1.807, 2.05) is 0 Å². The van der Waals surface area contributed by atoms with Crippen LogP contribution in [0.5, 0.6) is 5.88 Å². The molecule has 0 saturated heterocycles. The number of carbonyl (C=O) groups is 1. The number of ketones is 1. The lowest BCUT2D eigenvalue weighted by Crippen LogP contribution is -2.10. The maximum atomic E-state index is 12.6. The molecule has 1 aliphatic rings. The van der Waals surface area contributed by atoms with Gasteiger partial charge in [0.2, 0.25) is 5.78 Å². The average Bonchev–Trinajstić information content (AvgIpc) is 3.02. The number of aromatic amines is 1. The number of hydrogen-bond acceptors (Lipinski definition) is 3. The number of nitrogens with zero attached hydrogens (tertiary/aromatic N) is 1. The molecule has 0 atom stereocenters. The molecule has 0 amide bonds. The van der Waals surface area contributed by atoms with E-state index < -0.39 is 0 Å². The van der Waals surface area contributed by atoms with Crippen LogP contribution in [0.1, 0.15) is 15.9 Å². The summed E-state index contributed by atoms with van der Waals surface area (Å²) in [5, 5.41) is 11.5. The fourth-order valence-electron chi connectivity index (χ4n) is 2.68. The number of carbonyl (C=O) groups excluding carboxylic acids is 1. The SMILES string of the molecule is O=C1C(c2c(O)[nH]c3c(Cl)ccc(Cl)c23)=Nc2ccccc21. The van der Waals surface area contributed by atoms with E-state index in [0.717, 1.165) is 0 Å². The van der Waals surface area contributed by atoms with Crippen molar-refractivity contribution in [3.63, 3.8) is 0 Å². The minimum Gasteiger partial charge on any atom is -0.494 e. The van der Waals surface area contributed by atoms with Crippen LogP contribution < -0.4 is 0 Å². The summed E-state index contributed by atoms with van der Waals surface area (Å²) in [6.45, 7) is 0. The lowest BCUT2D eigenvalue weighted by molar-refractivity contribution is 0.107. The summed E-state index contributed by atoms with van der Waals surface area (Å²) >= 11 is 12.3. The van der Waals surface area contributed by atoms with E-state index in [-0.39, 0.29) is 22.9 Å². The van der Waals surface area contributed by atoms with Crippen molar-refractivity contribution < 1.29 is 9.90 Å². The van der Waals surface area contributed by atoms with Crippen LogP contribution in [0.4, 0.5) is 5.69 Å². The van der Waals surface area contributed by atoms with Gasteiger partial charge in [0, 0.05) is 10.9 Å². The van der Waals surface area contributed by atoms with Gasteiger partial charge in [-0.1, -0.05) is 35.3 Å². The van der Waals surface area contributed by atoms with Crippen LogP contribution in [0.3, 0.4) is 0 Å². The second kappa shape index (κ2) is 4.60. The highest BCUT2D eigenvalue weighted by Crippen LogP contribution is 2.40. The number of nitrogens with one attached hydrogen (secondary N) is 1. The molecule has 0 unspecified atom stereocenters. The number of para-hydroxylation sites is 1. The van der Waals surface area contributed by atoms with Gasteiger partial charge in [0.05, 0.1) is 26.8 Å². The van der Waals surface area contributed by atoms with Gasteiger partial charge in [0.25, 0.3) is 0 Å².